The number of halogens is 2. The van der Waals surface area contributed by atoms with Crippen molar-refractivity contribution in [2.75, 3.05) is 20.6 Å². The molecule has 1 aromatic carbocycles. The highest BCUT2D eigenvalue weighted by Crippen LogP contribution is 2.21. The average Bonchev–Trinajstić information content (AvgIpc) is 2.36. The Bertz CT molecular complexity index is 616. The molecule has 21 heavy (non-hydrogen) atoms. The summed E-state index contributed by atoms with van der Waals surface area (Å²) in [6, 6.07) is 1.80. The molecule has 0 aliphatic carbocycles. The summed E-state index contributed by atoms with van der Waals surface area (Å²) in [6.45, 7) is 3.34. The van der Waals surface area contributed by atoms with Crippen LogP contribution in [0.3, 0.4) is 0 Å². The number of likely N-dealkylation sites (N-methyl/N-ethyl adjacent to an activating group) is 1. The zero-order valence-corrected chi connectivity index (χ0v) is 13.4. The fourth-order valence-corrected chi connectivity index (χ4v) is 2.78. The smallest absolute Gasteiger partial charge is 0.243 e. The van der Waals surface area contributed by atoms with E-state index in [4.69, 9.17) is 5.73 Å². The largest absolute Gasteiger partial charge is 0.326 e. The first kappa shape index (κ1) is 18.0. The van der Waals surface area contributed by atoms with Crippen molar-refractivity contribution in [1.82, 2.24) is 9.62 Å². The lowest BCUT2D eigenvalue weighted by Crippen LogP contribution is -2.48. The van der Waals surface area contributed by atoms with Crippen molar-refractivity contribution in [1.29, 1.82) is 0 Å². The van der Waals surface area contributed by atoms with Crippen LogP contribution in [0.5, 0.6) is 0 Å². The Morgan fingerprint density at radius 3 is 2.33 bits per heavy atom. The molecule has 0 saturated carbocycles. The van der Waals surface area contributed by atoms with E-state index in [-0.39, 0.29) is 6.54 Å². The molecule has 0 atom stereocenters. The van der Waals surface area contributed by atoms with Crippen LogP contribution in [0.2, 0.25) is 0 Å². The maximum Gasteiger partial charge on any atom is 0.243 e. The van der Waals surface area contributed by atoms with Crippen LogP contribution in [-0.4, -0.2) is 39.5 Å². The number of benzene rings is 1. The van der Waals surface area contributed by atoms with E-state index in [1.54, 1.807) is 14.1 Å². The van der Waals surface area contributed by atoms with Crippen LogP contribution in [0.25, 0.3) is 0 Å². The van der Waals surface area contributed by atoms with E-state index >= 15 is 0 Å². The molecule has 0 bridgehead atoms. The number of sulfonamides is 1. The molecule has 0 aliphatic heterocycles. The summed E-state index contributed by atoms with van der Waals surface area (Å²) in [4.78, 5) is 1.24. The van der Waals surface area contributed by atoms with Gasteiger partial charge < -0.3 is 10.6 Å². The van der Waals surface area contributed by atoms with Gasteiger partial charge in [-0.2, -0.15) is 0 Å². The van der Waals surface area contributed by atoms with Gasteiger partial charge in [-0.05, 0) is 40.1 Å². The number of hydrogen-bond acceptors (Lipinski definition) is 4. The second-order valence-corrected chi connectivity index (χ2v) is 7.31. The number of nitrogens with one attached hydrogen (secondary N) is 1. The molecule has 1 rings (SSSR count). The Kier molecular flexibility index (Phi) is 5.43. The van der Waals surface area contributed by atoms with Crippen molar-refractivity contribution in [3.05, 3.63) is 29.3 Å². The topological polar surface area (TPSA) is 75.4 Å². The quantitative estimate of drug-likeness (QED) is 0.821. The van der Waals surface area contributed by atoms with Crippen LogP contribution >= 0.6 is 0 Å². The van der Waals surface area contributed by atoms with Crippen LogP contribution in [0.15, 0.2) is 17.0 Å². The van der Waals surface area contributed by atoms with Crippen LogP contribution < -0.4 is 10.5 Å². The summed E-state index contributed by atoms with van der Waals surface area (Å²) >= 11 is 0. The van der Waals surface area contributed by atoms with E-state index in [0.717, 1.165) is 12.1 Å². The molecule has 5 nitrogen and oxygen atoms in total. The van der Waals surface area contributed by atoms with Crippen molar-refractivity contribution in [3.8, 4) is 0 Å². The maximum atomic E-state index is 14.1. The van der Waals surface area contributed by atoms with Crippen molar-refractivity contribution in [2.24, 2.45) is 5.73 Å². The summed E-state index contributed by atoms with van der Waals surface area (Å²) < 4.78 is 54.1. The first-order chi connectivity index (χ1) is 9.53. The van der Waals surface area contributed by atoms with Gasteiger partial charge in [-0.3, -0.25) is 0 Å². The lowest BCUT2D eigenvalue weighted by Gasteiger charge is -2.32. The van der Waals surface area contributed by atoms with Crippen molar-refractivity contribution in [2.45, 2.75) is 30.8 Å². The second kappa shape index (κ2) is 6.35. The molecule has 0 saturated heterocycles. The summed E-state index contributed by atoms with van der Waals surface area (Å²) in [5.41, 5.74) is 4.35. The van der Waals surface area contributed by atoms with Gasteiger partial charge in [-0.15, -0.1) is 0 Å². The Balaban J connectivity index is 3.10. The minimum absolute atomic E-state index is 0.0805. The molecule has 0 unspecified atom stereocenters. The molecule has 0 fully saturated rings. The molecule has 0 aromatic heterocycles. The number of nitrogens with two attached hydrogens (primary N) is 1. The van der Waals surface area contributed by atoms with Gasteiger partial charge in [0.25, 0.3) is 0 Å². The fourth-order valence-electron chi connectivity index (χ4n) is 1.48. The predicted molar refractivity (Wildman–Crippen MR) is 77.2 cm³/mol. The van der Waals surface area contributed by atoms with Gasteiger partial charge in [0.15, 0.2) is 5.82 Å². The van der Waals surface area contributed by atoms with Crippen LogP contribution in [-0.2, 0) is 16.6 Å². The highest BCUT2D eigenvalue weighted by molar-refractivity contribution is 7.89. The van der Waals surface area contributed by atoms with E-state index in [0.29, 0.717) is 0 Å². The minimum Gasteiger partial charge on any atom is -0.326 e. The SMILES string of the molecule is CN(C)C(C)(C)CNS(=O)(=O)c1ccc(F)c(CN)c1F. The lowest BCUT2D eigenvalue weighted by atomic mass is 10.1. The predicted octanol–water partition coefficient (Wildman–Crippen LogP) is 1.04. The Labute approximate surface area is 124 Å². The zero-order valence-electron chi connectivity index (χ0n) is 12.6. The minimum atomic E-state index is -4.08. The van der Waals surface area contributed by atoms with E-state index in [1.165, 1.54) is 0 Å². The van der Waals surface area contributed by atoms with E-state index in [2.05, 4.69) is 4.72 Å². The van der Waals surface area contributed by atoms with E-state index in [9.17, 15) is 17.2 Å². The van der Waals surface area contributed by atoms with Gasteiger partial charge in [0.1, 0.15) is 10.7 Å². The molecule has 3 N–H and O–H groups in total. The molecule has 0 radical (unpaired) electrons. The number of nitrogens with zero attached hydrogens (tertiary/aromatic N) is 1. The third kappa shape index (κ3) is 3.97. The number of rotatable bonds is 6. The summed E-state index contributed by atoms with van der Waals surface area (Å²) in [5, 5.41) is 0. The molecule has 1 aromatic rings. The standard InChI is InChI=1S/C13H21F2N3O2S/c1-13(2,18(3)4)8-17-21(19,20)11-6-5-10(14)9(7-16)12(11)15/h5-6,17H,7-8,16H2,1-4H3. The van der Waals surface area contributed by atoms with E-state index in [1.807, 2.05) is 18.7 Å². The lowest BCUT2D eigenvalue weighted by molar-refractivity contribution is 0.199. The monoisotopic (exact) mass is 321 g/mol. The third-order valence-electron chi connectivity index (χ3n) is 3.55. The van der Waals surface area contributed by atoms with Gasteiger partial charge in [0.2, 0.25) is 10.0 Å². The van der Waals surface area contributed by atoms with E-state index < -0.39 is 44.2 Å². The third-order valence-corrected chi connectivity index (χ3v) is 4.97. The normalized spacial score (nSPS) is 13.0. The summed E-state index contributed by atoms with van der Waals surface area (Å²) in [6.07, 6.45) is 0. The molecule has 0 spiro atoms. The Hall–Kier alpha value is -1.09. The highest BCUT2D eigenvalue weighted by Gasteiger charge is 2.27. The Morgan fingerprint density at radius 2 is 1.86 bits per heavy atom. The zero-order chi connectivity index (χ0) is 16.4. The highest BCUT2D eigenvalue weighted by atomic mass is 32.2. The van der Waals surface area contributed by atoms with Crippen LogP contribution in [0, 0.1) is 11.6 Å². The van der Waals surface area contributed by atoms with Gasteiger partial charge in [0, 0.05) is 24.2 Å². The molecular weight excluding hydrogens is 300 g/mol. The molecule has 0 amide bonds. The number of hydrogen-bond donors (Lipinski definition) is 2. The van der Waals surface area contributed by atoms with Crippen LogP contribution in [0.1, 0.15) is 19.4 Å². The summed E-state index contributed by atoms with van der Waals surface area (Å²) in [5.74, 6) is -2.00. The van der Waals surface area contributed by atoms with Gasteiger partial charge in [-0.25, -0.2) is 21.9 Å². The van der Waals surface area contributed by atoms with Crippen molar-refractivity contribution >= 4 is 10.0 Å². The molecular formula is C13H21F2N3O2S. The molecule has 0 heterocycles. The molecule has 120 valence electrons. The first-order valence-electron chi connectivity index (χ1n) is 6.37. The summed E-state index contributed by atoms with van der Waals surface area (Å²) in [7, 11) is -0.471. The average molecular weight is 321 g/mol. The van der Waals surface area contributed by atoms with Crippen molar-refractivity contribution < 1.29 is 17.2 Å². The van der Waals surface area contributed by atoms with Gasteiger partial charge in [-0.1, -0.05) is 0 Å². The van der Waals surface area contributed by atoms with Crippen LogP contribution in [0.4, 0.5) is 8.78 Å². The van der Waals surface area contributed by atoms with Gasteiger partial charge >= 0.3 is 0 Å². The maximum absolute atomic E-state index is 14.1. The first-order valence-corrected chi connectivity index (χ1v) is 7.85. The van der Waals surface area contributed by atoms with Crippen molar-refractivity contribution in [3.63, 3.8) is 0 Å². The molecule has 0 aliphatic rings. The Morgan fingerprint density at radius 1 is 1.29 bits per heavy atom. The molecule has 8 heteroatoms. The fraction of sp³-hybridized carbons (Fsp3) is 0.538. The van der Waals surface area contributed by atoms with Gasteiger partial charge in [0.05, 0.1) is 0 Å². The second-order valence-electron chi connectivity index (χ2n) is 5.57.